The van der Waals surface area contributed by atoms with Crippen LogP contribution in [0.1, 0.15) is 11.1 Å². The quantitative estimate of drug-likeness (QED) is 0.767. The first-order valence-corrected chi connectivity index (χ1v) is 7.91. The Balaban J connectivity index is 1.87. The second kappa shape index (κ2) is 8.82. The van der Waals surface area contributed by atoms with E-state index in [4.69, 9.17) is 10.5 Å². The van der Waals surface area contributed by atoms with E-state index in [0.29, 0.717) is 6.42 Å². The second-order valence-corrected chi connectivity index (χ2v) is 5.76. The molecule has 2 aromatic rings. The van der Waals surface area contributed by atoms with E-state index >= 15 is 0 Å². The van der Waals surface area contributed by atoms with Crippen molar-refractivity contribution in [2.45, 2.75) is 12.8 Å². The first-order valence-electron chi connectivity index (χ1n) is 7.91. The summed E-state index contributed by atoms with van der Waals surface area (Å²) in [5.74, 6) is -0.876. The fourth-order valence-corrected chi connectivity index (χ4v) is 2.41. The number of ether oxygens (including phenoxy) is 1. The summed E-state index contributed by atoms with van der Waals surface area (Å²) < 4.78 is 18.0. The van der Waals surface area contributed by atoms with E-state index < -0.39 is 11.8 Å². The Labute approximate surface area is 146 Å². The predicted octanol–water partition coefficient (Wildman–Crippen LogP) is 1.84. The van der Waals surface area contributed by atoms with Gasteiger partial charge in [0, 0.05) is 6.54 Å². The highest BCUT2D eigenvalue weighted by Gasteiger charge is 2.17. The van der Waals surface area contributed by atoms with Crippen molar-refractivity contribution in [3.8, 4) is 5.75 Å². The summed E-state index contributed by atoms with van der Waals surface area (Å²) in [7, 11) is 1.58. The zero-order valence-corrected chi connectivity index (χ0v) is 14.0. The van der Waals surface area contributed by atoms with Crippen molar-refractivity contribution in [3.05, 3.63) is 65.5 Å². The normalized spacial score (nSPS) is 11.6. The molecule has 2 aromatic carbocycles. The van der Waals surface area contributed by atoms with Crippen LogP contribution in [-0.2, 0) is 22.4 Å². The lowest BCUT2D eigenvalue weighted by Gasteiger charge is -2.14. The van der Waals surface area contributed by atoms with Crippen molar-refractivity contribution in [2.75, 3.05) is 13.7 Å². The van der Waals surface area contributed by atoms with Gasteiger partial charge in [0.1, 0.15) is 11.6 Å². The number of rotatable bonds is 8. The Kier molecular flexibility index (Phi) is 6.51. The molecule has 0 aliphatic heterocycles. The average Bonchev–Trinajstić information content (AvgIpc) is 2.60. The molecular formula is C19H21FN2O3. The minimum atomic E-state index is -0.551. The fourth-order valence-electron chi connectivity index (χ4n) is 2.41. The summed E-state index contributed by atoms with van der Waals surface area (Å²) in [5.41, 5.74) is 7.03. The number of carbonyl (C=O) groups is 2. The first-order chi connectivity index (χ1) is 12.0. The standard InChI is InChI=1S/C19H21FN2O3/c1-25-17-8-4-14(5-9-17)11-18(23)22-12-15(19(21)24)10-13-2-6-16(20)7-3-13/h2-9,15H,10-12H2,1H3,(H2,21,24)(H,22,23). The van der Waals surface area contributed by atoms with Gasteiger partial charge in [-0.25, -0.2) is 4.39 Å². The Morgan fingerprint density at radius 1 is 1.08 bits per heavy atom. The smallest absolute Gasteiger partial charge is 0.224 e. The Hall–Kier alpha value is -2.89. The van der Waals surface area contributed by atoms with Gasteiger partial charge in [0.15, 0.2) is 0 Å². The Bertz CT molecular complexity index is 714. The van der Waals surface area contributed by atoms with Crippen molar-refractivity contribution in [2.24, 2.45) is 11.7 Å². The lowest BCUT2D eigenvalue weighted by Crippen LogP contribution is -2.37. The Morgan fingerprint density at radius 3 is 2.24 bits per heavy atom. The molecule has 0 saturated heterocycles. The van der Waals surface area contributed by atoms with Crippen molar-refractivity contribution >= 4 is 11.8 Å². The van der Waals surface area contributed by atoms with Gasteiger partial charge in [-0.2, -0.15) is 0 Å². The number of carbonyl (C=O) groups excluding carboxylic acids is 2. The molecule has 2 rings (SSSR count). The molecule has 0 heterocycles. The molecule has 2 amide bonds. The maximum Gasteiger partial charge on any atom is 0.224 e. The molecule has 1 atom stereocenters. The van der Waals surface area contributed by atoms with E-state index in [0.717, 1.165) is 16.9 Å². The van der Waals surface area contributed by atoms with Crippen LogP contribution < -0.4 is 15.8 Å². The molecule has 0 spiro atoms. The van der Waals surface area contributed by atoms with Gasteiger partial charge in [-0.1, -0.05) is 24.3 Å². The van der Waals surface area contributed by atoms with E-state index in [1.54, 1.807) is 31.4 Å². The molecule has 1 unspecified atom stereocenters. The second-order valence-electron chi connectivity index (χ2n) is 5.76. The minimum absolute atomic E-state index is 0.141. The number of hydrogen-bond donors (Lipinski definition) is 2. The average molecular weight is 344 g/mol. The maximum atomic E-state index is 12.9. The van der Waals surface area contributed by atoms with Crippen molar-refractivity contribution in [1.82, 2.24) is 5.32 Å². The minimum Gasteiger partial charge on any atom is -0.497 e. The van der Waals surface area contributed by atoms with E-state index in [9.17, 15) is 14.0 Å². The SMILES string of the molecule is COc1ccc(CC(=O)NCC(Cc2ccc(F)cc2)C(N)=O)cc1. The van der Waals surface area contributed by atoms with Crippen molar-refractivity contribution in [1.29, 1.82) is 0 Å². The number of methoxy groups -OCH3 is 1. The lowest BCUT2D eigenvalue weighted by molar-refractivity contribution is -0.123. The predicted molar refractivity (Wildman–Crippen MR) is 92.5 cm³/mol. The number of primary amides is 1. The number of halogens is 1. The third-order valence-corrected chi connectivity index (χ3v) is 3.87. The maximum absolute atomic E-state index is 12.9. The van der Waals surface area contributed by atoms with Crippen LogP contribution in [-0.4, -0.2) is 25.5 Å². The monoisotopic (exact) mass is 344 g/mol. The molecule has 6 heteroatoms. The zero-order chi connectivity index (χ0) is 18.2. The van der Waals surface area contributed by atoms with Gasteiger partial charge < -0.3 is 15.8 Å². The van der Waals surface area contributed by atoms with Crippen molar-refractivity contribution < 1.29 is 18.7 Å². The van der Waals surface area contributed by atoms with Crippen LogP contribution >= 0.6 is 0 Å². The summed E-state index contributed by atoms with van der Waals surface area (Å²) >= 11 is 0. The highest BCUT2D eigenvalue weighted by molar-refractivity contribution is 5.81. The van der Waals surface area contributed by atoms with Gasteiger partial charge in [0.05, 0.1) is 19.4 Å². The molecule has 0 aromatic heterocycles. The van der Waals surface area contributed by atoms with Crippen LogP contribution in [0.4, 0.5) is 4.39 Å². The van der Waals surface area contributed by atoms with Gasteiger partial charge in [-0.15, -0.1) is 0 Å². The van der Waals surface area contributed by atoms with Gasteiger partial charge in [-0.05, 0) is 41.8 Å². The number of benzene rings is 2. The number of hydrogen-bond acceptors (Lipinski definition) is 3. The summed E-state index contributed by atoms with van der Waals surface area (Å²) in [6, 6.07) is 13.0. The zero-order valence-electron chi connectivity index (χ0n) is 14.0. The van der Waals surface area contributed by atoms with Crippen LogP contribution in [0.25, 0.3) is 0 Å². The summed E-state index contributed by atoms with van der Waals surface area (Å²) in [6.07, 6.45) is 0.546. The van der Waals surface area contributed by atoms with Crippen LogP contribution in [0.3, 0.4) is 0 Å². The Morgan fingerprint density at radius 2 is 1.68 bits per heavy atom. The third kappa shape index (κ3) is 5.91. The summed E-state index contributed by atoms with van der Waals surface area (Å²) in [6.45, 7) is 0.141. The molecule has 0 radical (unpaired) electrons. The number of amides is 2. The van der Waals surface area contributed by atoms with Crippen molar-refractivity contribution in [3.63, 3.8) is 0 Å². The van der Waals surface area contributed by atoms with Gasteiger partial charge in [0.2, 0.25) is 11.8 Å². The largest absolute Gasteiger partial charge is 0.497 e. The molecule has 0 aliphatic rings. The highest BCUT2D eigenvalue weighted by Crippen LogP contribution is 2.12. The molecule has 0 aliphatic carbocycles. The van der Waals surface area contributed by atoms with Crippen LogP contribution in [0.15, 0.2) is 48.5 Å². The number of nitrogens with two attached hydrogens (primary N) is 1. The topological polar surface area (TPSA) is 81.4 Å². The van der Waals surface area contributed by atoms with Crippen LogP contribution in [0, 0.1) is 11.7 Å². The van der Waals surface area contributed by atoms with E-state index in [1.807, 2.05) is 12.1 Å². The molecule has 0 saturated carbocycles. The van der Waals surface area contributed by atoms with E-state index in [-0.39, 0.29) is 24.7 Å². The molecule has 132 valence electrons. The summed E-state index contributed by atoms with van der Waals surface area (Å²) in [4.78, 5) is 23.6. The molecule has 25 heavy (non-hydrogen) atoms. The van der Waals surface area contributed by atoms with Gasteiger partial charge in [-0.3, -0.25) is 9.59 Å². The van der Waals surface area contributed by atoms with E-state index in [2.05, 4.69) is 5.32 Å². The molecule has 0 bridgehead atoms. The first kappa shape index (κ1) is 18.4. The van der Waals surface area contributed by atoms with Crippen LogP contribution in [0.5, 0.6) is 5.75 Å². The van der Waals surface area contributed by atoms with Gasteiger partial charge >= 0.3 is 0 Å². The molecule has 5 nitrogen and oxygen atoms in total. The van der Waals surface area contributed by atoms with Gasteiger partial charge in [0.25, 0.3) is 0 Å². The fraction of sp³-hybridized carbons (Fsp3) is 0.263. The molecular weight excluding hydrogens is 323 g/mol. The third-order valence-electron chi connectivity index (χ3n) is 3.87. The molecule has 0 fully saturated rings. The summed E-state index contributed by atoms with van der Waals surface area (Å²) in [5, 5.41) is 2.73. The van der Waals surface area contributed by atoms with Crippen LogP contribution in [0.2, 0.25) is 0 Å². The lowest BCUT2D eigenvalue weighted by atomic mass is 9.98. The molecule has 3 N–H and O–H groups in total. The number of nitrogens with one attached hydrogen (secondary N) is 1. The highest BCUT2D eigenvalue weighted by atomic mass is 19.1. The van der Waals surface area contributed by atoms with E-state index in [1.165, 1.54) is 12.1 Å².